The number of halogens is 1. The Bertz CT molecular complexity index is 1250. The molecule has 0 radical (unpaired) electrons. The Hall–Kier alpha value is -2.63. The van der Waals surface area contributed by atoms with Crippen molar-refractivity contribution >= 4 is 34.6 Å². The molecular formula is C25H31ClN6O3S. The molecule has 2 atom stereocenters. The first-order valence-corrected chi connectivity index (χ1v) is 13.0. The van der Waals surface area contributed by atoms with E-state index in [4.69, 9.17) is 37.5 Å². The van der Waals surface area contributed by atoms with Crippen LogP contribution in [-0.4, -0.2) is 59.4 Å². The summed E-state index contributed by atoms with van der Waals surface area (Å²) in [7, 11) is 0. The van der Waals surface area contributed by atoms with E-state index in [-0.39, 0.29) is 0 Å². The van der Waals surface area contributed by atoms with Gasteiger partial charge in [0.2, 0.25) is 5.91 Å². The van der Waals surface area contributed by atoms with Crippen LogP contribution in [0.5, 0.6) is 0 Å². The molecule has 3 heterocycles. The normalized spacial score (nSPS) is 15.7. The van der Waals surface area contributed by atoms with Crippen LogP contribution in [0.4, 0.5) is 0 Å². The first-order valence-electron chi connectivity index (χ1n) is 11.8. The maximum Gasteiger partial charge on any atom is 0.223 e. The molecule has 0 saturated heterocycles. The molecule has 4 N–H and O–H groups in total. The highest BCUT2D eigenvalue weighted by atomic mass is 35.5. The Morgan fingerprint density at radius 1 is 1.11 bits per heavy atom. The Labute approximate surface area is 219 Å². The molecule has 0 bridgehead atoms. The van der Waals surface area contributed by atoms with Crippen molar-refractivity contribution in [2.45, 2.75) is 33.2 Å². The number of nitrogens with zero attached hydrogens (tertiary/aromatic N) is 4. The summed E-state index contributed by atoms with van der Waals surface area (Å²) in [5, 5.41) is 10.4. The summed E-state index contributed by atoms with van der Waals surface area (Å²) in [4.78, 5) is 19.1. The van der Waals surface area contributed by atoms with Crippen molar-refractivity contribution < 1.29 is 14.3 Å². The molecule has 4 rings (SSSR count). The van der Waals surface area contributed by atoms with Gasteiger partial charge >= 0.3 is 0 Å². The van der Waals surface area contributed by atoms with Gasteiger partial charge in [-0.3, -0.25) is 14.4 Å². The summed E-state index contributed by atoms with van der Waals surface area (Å²) in [5.74, 6) is 0.207. The lowest BCUT2D eigenvalue weighted by atomic mass is 9.94. The molecule has 1 aromatic carbocycles. The van der Waals surface area contributed by atoms with Crippen molar-refractivity contribution in [1.82, 2.24) is 14.8 Å². The number of benzene rings is 1. The molecule has 2 unspecified atom stereocenters. The van der Waals surface area contributed by atoms with Gasteiger partial charge in [0, 0.05) is 34.2 Å². The highest BCUT2D eigenvalue weighted by Gasteiger charge is 2.37. The minimum atomic E-state index is -0.644. The smallest absolute Gasteiger partial charge is 0.223 e. The SMILES string of the molecule is Cc1sc2c(c1C)C(c1ccc(Cl)cc1)=NC(C(CCOCCOCCN)C(N)=O)c1nnc(C)n1-2. The molecule has 0 fully saturated rings. The van der Waals surface area contributed by atoms with Gasteiger partial charge in [-0.2, -0.15) is 0 Å². The number of ether oxygens (including phenoxy) is 2. The van der Waals surface area contributed by atoms with Crippen LogP contribution in [0.2, 0.25) is 5.02 Å². The molecule has 0 saturated carbocycles. The third-order valence-electron chi connectivity index (χ3n) is 6.26. The zero-order valence-electron chi connectivity index (χ0n) is 20.7. The van der Waals surface area contributed by atoms with E-state index in [0.29, 0.717) is 50.2 Å². The van der Waals surface area contributed by atoms with Gasteiger partial charge in [0.05, 0.1) is 31.5 Å². The van der Waals surface area contributed by atoms with Gasteiger partial charge < -0.3 is 20.9 Å². The molecule has 0 spiro atoms. The fourth-order valence-electron chi connectivity index (χ4n) is 4.30. The Morgan fingerprint density at radius 2 is 1.81 bits per heavy atom. The molecule has 1 amide bonds. The lowest BCUT2D eigenvalue weighted by Crippen LogP contribution is -2.31. The van der Waals surface area contributed by atoms with Gasteiger partial charge in [-0.15, -0.1) is 21.5 Å². The number of aromatic nitrogens is 3. The van der Waals surface area contributed by atoms with Crippen molar-refractivity contribution in [2.75, 3.05) is 33.0 Å². The Balaban J connectivity index is 1.75. The van der Waals surface area contributed by atoms with Crippen molar-refractivity contribution in [3.63, 3.8) is 0 Å². The summed E-state index contributed by atoms with van der Waals surface area (Å²) >= 11 is 7.83. The van der Waals surface area contributed by atoms with E-state index in [0.717, 1.165) is 33.2 Å². The lowest BCUT2D eigenvalue weighted by Gasteiger charge is -2.21. The quantitative estimate of drug-likeness (QED) is 0.366. The van der Waals surface area contributed by atoms with Crippen LogP contribution in [0.25, 0.3) is 5.00 Å². The summed E-state index contributed by atoms with van der Waals surface area (Å²) in [6.45, 7) is 8.19. The first-order chi connectivity index (χ1) is 17.3. The van der Waals surface area contributed by atoms with Crippen molar-refractivity contribution in [1.29, 1.82) is 0 Å². The number of carbonyl (C=O) groups excluding carboxylic acids is 1. The number of aliphatic imine (C=N–C) groups is 1. The van der Waals surface area contributed by atoms with Crippen LogP contribution in [0.3, 0.4) is 0 Å². The Morgan fingerprint density at radius 3 is 2.47 bits per heavy atom. The third-order valence-corrected chi connectivity index (χ3v) is 7.71. The topological polar surface area (TPSA) is 131 Å². The van der Waals surface area contributed by atoms with Crippen LogP contribution in [0.15, 0.2) is 29.3 Å². The molecule has 2 aromatic heterocycles. The van der Waals surface area contributed by atoms with Crippen molar-refractivity contribution in [3.05, 3.63) is 62.5 Å². The summed E-state index contributed by atoms with van der Waals surface area (Å²) in [6, 6.07) is 6.93. The molecule has 1 aliphatic heterocycles. The van der Waals surface area contributed by atoms with Gasteiger partial charge in [0.25, 0.3) is 0 Å². The van der Waals surface area contributed by atoms with Crippen LogP contribution in [0.1, 0.15) is 45.7 Å². The minimum absolute atomic E-state index is 0.328. The number of fused-ring (bicyclic) bond motifs is 3. The molecule has 36 heavy (non-hydrogen) atoms. The number of thiophene rings is 1. The zero-order valence-corrected chi connectivity index (χ0v) is 22.2. The maximum atomic E-state index is 12.7. The van der Waals surface area contributed by atoms with E-state index in [2.05, 4.69) is 24.0 Å². The highest BCUT2D eigenvalue weighted by Crippen LogP contribution is 2.41. The molecular weight excluding hydrogens is 500 g/mol. The average Bonchev–Trinajstić information content (AvgIpc) is 3.32. The van der Waals surface area contributed by atoms with Crippen LogP contribution in [0, 0.1) is 26.7 Å². The lowest BCUT2D eigenvalue weighted by molar-refractivity contribution is -0.123. The van der Waals surface area contributed by atoms with Gasteiger partial charge in [-0.05, 0) is 44.9 Å². The monoisotopic (exact) mass is 530 g/mol. The number of primary amides is 1. The molecule has 0 aliphatic carbocycles. The van der Waals surface area contributed by atoms with Gasteiger partial charge in [0.1, 0.15) is 16.9 Å². The molecule has 3 aromatic rings. The largest absolute Gasteiger partial charge is 0.379 e. The molecule has 192 valence electrons. The second-order valence-electron chi connectivity index (χ2n) is 8.64. The van der Waals surface area contributed by atoms with E-state index in [1.807, 2.05) is 35.8 Å². The average molecular weight is 531 g/mol. The number of hydrogen-bond acceptors (Lipinski definition) is 8. The summed E-state index contributed by atoms with van der Waals surface area (Å²) in [6.07, 6.45) is 0.381. The zero-order chi connectivity index (χ0) is 25.8. The molecule has 9 nitrogen and oxygen atoms in total. The predicted octanol–water partition coefficient (Wildman–Crippen LogP) is 3.28. The van der Waals surface area contributed by atoms with Crippen LogP contribution < -0.4 is 11.5 Å². The van der Waals surface area contributed by atoms with Crippen LogP contribution >= 0.6 is 22.9 Å². The van der Waals surface area contributed by atoms with E-state index >= 15 is 0 Å². The number of carbonyl (C=O) groups is 1. The number of nitrogens with two attached hydrogens (primary N) is 2. The van der Waals surface area contributed by atoms with E-state index in [1.54, 1.807) is 11.3 Å². The fraction of sp³-hybridized carbons (Fsp3) is 0.440. The third kappa shape index (κ3) is 5.37. The van der Waals surface area contributed by atoms with E-state index in [1.165, 1.54) is 4.88 Å². The number of rotatable bonds is 11. The number of hydrogen-bond donors (Lipinski definition) is 2. The summed E-state index contributed by atoms with van der Waals surface area (Å²) in [5.41, 5.74) is 15.2. The first kappa shape index (κ1) is 26.4. The van der Waals surface area contributed by atoms with Crippen LogP contribution in [-0.2, 0) is 14.3 Å². The molecule has 11 heteroatoms. The second-order valence-corrected chi connectivity index (χ2v) is 10.3. The number of amides is 1. The van der Waals surface area contributed by atoms with Crippen molar-refractivity contribution in [2.24, 2.45) is 22.4 Å². The maximum absolute atomic E-state index is 12.7. The highest BCUT2D eigenvalue weighted by molar-refractivity contribution is 7.15. The number of aryl methyl sites for hydroxylation is 2. The van der Waals surface area contributed by atoms with E-state index < -0.39 is 17.9 Å². The standard InChI is InChI=1S/C25H31ClN6O3S/c1-14-15(2)36-25-20(14)21(17-4-6-18(26)7-5-17)29-22(24-31-30-16(3)32(24)25)19(23(28)33)8-10-34-12-13-35-11-9-27/h4-7,19,22H,8-13,27H2,1-3H3,(H2,28,33). The molecule has 1 aliphatic rings. The van der Waals surface area contributed by atoms with E-state index in [9.17, 15) is 4.79 Å². The Kier molecular flexibility index (Phi) is 8.53. The fourth-order valence-corrected chi connectivity index (χ4v) is 5.64. The minimum Gasteiger partial charge on any atom is -0.379 e. The predicted molar refractivity (Wildman–Crippen MR) is 141 cm³/mol. The van der Waals surface area contributed by atoms with Gasteiger partial charge in [-0.1, -0.05) is 23.7 Å². The summed E-state index contributed by atoms with van der Waals surface area (Å²) < 4.78 is 13.1. The van der Waals surface area contributed by atoms with Gasteiger partial charge in [0.15, 0.2) is 5.82 Å². The second kappa shape index (κ2) is 11.6. The van der Waals surface area contributed by atoms with Crippen molar-refractivity contribution in [3.8, 4) is 5.00 Å². The van der Waals surface area contributed by atoms with Gasteiger partial charge in [-0.25, -0.2) is 0 Å².